The quantitative estimate of drug-likeness (QED) is 0.772. The van der Waals surface area contributed by atoms with Crippen LogP contribution >= 0.6 is 0 Å². The fourth-order valence-corrected chi connectivity index (χ4v) is 1.78. The Kier molecular flexibility index (Phi) is 6.39. The van der Waals surface area contributed by atoms with Crippen LogP contribution in [0.1, 0.15) is 29.8 Å². The van der Waals surface area contributed by atoms with Crippen molar-refractivity contribution in [1.82, 2.24) is 10.6 Å². The van der Waals surface area contributed by atoms with Crippen LogP contribution in [-0.4, -0.2) is 32.1 Å². The van der Waals surface area contributed by atoms with E-state index in [4.69, 9.17) is 4.74 Å². The molecule has 0 spiro atoms. The van der Waals surface area contributed by atoms with E-state index in [1.807, 2.05) is 38.1 Å². The smallest absolute Gasteiger partial charge is 0.251 e. The Hall–Kier alpha value is -1.39. The van der Waals surface area contributed by atoms with Gasteiger partial charge in [0.1, 0.15) is 0 Å². The number of carbonyl (C=O) groups is 1. The Morgan fingerprint density at radius 2 is 2.11 bits per heavy atom. The number of hydrogen-bond donors (Lipinski definition) is 2. The molecule has 1 atom stereocenters. The van der Waals surface area contributed by atoms with E-state index in [2.05, 4.69) is 10.6 Å². The minimum Gasteiger partial charge on any atom is -0.380 e. The summed E-state index contributed by atoms with van der Waals surface area (Å²) in [7, 11) is 1.63. The Morgan fingerprint density at radius 1 is 1.39 bits per heavy atom. The summed E-state index contributed by atoms with van der Waals surface area (Å²) in [5.74, 6) is -0.0487. The van der Waals surface area contributed by atoms with E-state index in [-0.39, 0.29) is 11.9 Å². The molecule has 100 valence electrons. The molecule has 1 amide bonds. The fraction of sp³-hybridized carbons (Fsp3) is 0.500. The number of likely N-dealkylation sites (N-methyl/N-ethyl adjacent to an activating group) is 1. The van der Waals surface area contributed by atoms with Gasteiger partial charge in [-0.15, -0.1) is 0 Å². The number of carbonyl (C=O) groups excluding carboxylic acids is 1. The van der Waals surface area contributed by atoms with Crippen molar-refractivity contribution >= 4 is 5.91 Å². The molecule has 0 unspecified atom stereocenters. The van der Waals surface area contributed by atoms with Gasteiger partial charge in [-0.3, -0.25) is 4.79 Å². The maximum Gasteiger partial charge on any atom is 0.251 e. The first-order valence-electron chi connectivity index (χ1n) is 6.27. The molecule has 1 aromatic rings. The van der Waals surface area contributed by atoms with Crippen molar-refractivity contribution in [3.05, 3.63) is 35.4 Å². The van der Waals surface area contributed by atoms with Gasteiger partial charge in [0, 0.05) is 25.3 Å². The second kappa shape index (κ2) is 7.84. The van der Waals surface area contributed by atoms with Gasteiger partial charge in [-0.1, -0.05) is 25.1 Å². The lowest BCUT2D eigenvalue weighted by molar-refractivity contribution is 0.0945. The van der Waals surface area contributed by atoms with Crippen molar-refractivity contribution in [2.45, 2.75) is 26.5 Å². The summed E-state index contributed by atoms with van der Waals surface area (Å²) in [6.07, 6.45) is 0. The second-order valence-electron chi connectivity index (χ2n) is 4.26. The highest BCUT2D eigenvalue weighted by Gasteiger charge is 2.11. The third-order valence-corrected chi connectivity index (χ3v) is 2.68. The van der Waals surface area contributed by atoms with Crippen molar-refractivity contribution in [1.29, 1.82) is 0 Å². The number of nitrogens with one attached hydrogen (secondary N) is 2. The maximum atomic E-state index is 12.1. The van der Waals surface area contributed by atoms with Gasteiger partial charge in [-0.05, 0) is 25.1 Å². The standard InChI is InChI=1S/C14H22N2O2/c1-4-15-11(2)9-16-14(17)13-8-6-5-7-12(13)10-18-3/h5-8,11,15H,4,9-10H2,1-3H3,(H,16,17)/t11-/m1/s1. The summed E-state index contributed by atoms with van der Waals surface area (Å²) in [5, 5.41) is 6.18. The monoisotopic (exact) mass is 250 g/mol. The summed E-state index contributed by atoms with van der Waals surface area (Å²) in [6.45, 7) is 6.06. The summed E-state index contributed by atoms with van der Waals surface area (Å²) < 4.78 is 5.09. The average molecular weight is 250 g/mol. The lowest BCUT2D eigenvalue weighted by atomic mass is 10.1. The van der Waals surface area contributed by atoms with E-state index in [1.54, 1.807) is 7.11 Å². The van der Waals surface area contributed by atoms with Gasteiger partial charge in [0.05, 0.1) is 6.61 Å². The third-order valence-electron chi connectivity index (χ3n) is 2.68. The van der Waals surface area contributed by atoms with Gasteiger partial charge in [-0.25, -0.2) is 0 Å². The highest BCUT2D eigenvalue weighted by Crippen LogP contribution is 2.09. The SMILES string of the molecule is CCN[C@H](C)CNC(=O)c1ccccc1COC. The topological polar surface area (TPSA) is 50.4 Å². The molecule has 0 aliphatic heterocycles. The minimum atomic E-state index is -0.0487. The molecule has 0 bridgehead atoms. The zero-order valence-corrected chi connectivity index (χ0v) is 11.3. The van der Waals surface area contributed by atoms with Gasteiger partial charge in [0.25, 0.3) is 5.91 Å². The number of methoxy groups -OCH3 is 1. The summed E-state index contributed by atoms with van der Waals surface area (Å²) in [6, 6.07) is 7.77. The van der Waals surface area contributed by atoms with Crippen LogP contribution in [-0.2, 0) is 11.3 Å². The second-order valence-corrected chi connectivity index (χ2v) is 4.26. The van der Waals surface area contributed by atoms with Gasteiger partial charge >= 0.3 is 0 Å². The summed E-state index contributed by atoms with van der Waals surface area (Å²) in [5.41, 5.74) is 1.59. The maximum absolute atomic E-state index is 12.1. The van der Waals surface area contributed by atoms with Crippen LogP contribution in [0.3, 0.4) is 0 Å². The first-order chi connectivity index (χ1) is 8.69. The molecule has 0 fully saturated rings. The zero-order chi connectivity index (χ0) is 13.4. The van der Waals surface area contributed by atoms with E-state index in [0.29, 0.717) is 18.7 Å². The molecule has 0 aliphatic carbocycles. The molecule has 4 heteroatoms. The van der Waals surface area contributed by atoms with Crippen LogP contribution in [0, 0.1) is 0 Å². The van der Waals surface area contributed by atoms with Crippen LogP contribution in [0.4, 0.5) is 0 Å². The molecular formula is C14H22N2O2. The average Bonchev–Trinajstić information content (AvgIpc) is 2.37. The van der Waals surface area contributed by atoms with E-state index in [0.717, 1.165) is 12.1 Å². The zero-order valence-electron chi connectivity index (χ0n) is 11.3. The molecule has 2 N–H and O–H groups in total. The predicted octanol–water partition coefficient (Wildman–Crippen LogP) is 1.56. The first kappa shape index (κ1) is 14.7. The molecule has 18 heavy (non-hydrogen) atoms. The molecule has 0 radical (unpaired) electrons. The van der Waals surface area contributed by atoms with Crippen molar-refractivity contribution in [3.63, 3.8) is 0 Å². The molecule has 0 saturated heterocycles. The normalized spacial score (nSPS) is 12.2. The molecule has 0 aromatic heterocycles. The van der Waals surface area contributed by atoms with Crippen molar-refractivity contribution in [2.24, 2.45) is 0 Å². The number of ether oxygens (including phenoxy) is 1. The molecule has 1 aromatic carbocycles. The van der Waals surface area contributed by atoms with Crippen LogP contribution < -0.4 is 10.6 Å². The van der Waals surface area contributed by atoms with Gasteiger partial charge in [0.15, 0.2) is 0 Å². The lowest BCUT2D eigenvalue weighted by Crippen LogP contribution is -2.39. The van der Waals surface area contributed by atoms with Gasteiger partial charge < -0.3 is 15.4 Å². The Bertz CT molecular complexity index is 380. The van der Waals surface area contributed by atoms with Gasteiger partial charge in [-0.2, -0.15) is 0 Å². The van der Waals surface area contributed by atoms with E-state index >= 15 is 0 Å². The number of amides is 1. The fourth-order valence-electron chi connectivity index (χ4n) is 1.78. The molecule has 4 nitrogen and oxygen atoms in total. The first-order valence-corrected chi connectivity index (χ1v) is 6.27. The Labute approximate surface area is 109 Å². The van der Waals surface area contributed by atoms with Gasteiger partial charge in [0.2, 0.25) is 0 Å². The predicted molar refractivity (Wildman–Crippen MR) is 72.6 cm³/mol. The lowest BCUT2D eigenvalue weighted by Gasteiger charge is -2.14. The molecule has 0 aliphatic rings. The number of rotatable bonds is 7. The highest BCUT2D eigenvalue weighted by molar-refractivity contribution is 5.95. The van der Waals surface area contributed by atoms with E-state index in [9.17, 15) is 4.79 Å². The van der Waals surface area contributed by atoms with Crippen molar-refractivity contribution < 1.29 is 9.53 Å². The van der Waals surface area contributed by atoms with Crippen LogP contribution in [0.5, 0.6) is 0 Å². The van der Waals surface area contributed by atoms with Crippen molar-refractivity contribution in [2.75, 3.05) is 20.2 Å². The molecular weight excluding hydrogens is 228 g/mol. The number of hydrogen-bond acceptors (Lipinski definition) is 3. The molecule has 0 saturated carbocycles. The largest absolute Gasteiger partial charge is 0.380 e. The molecule has 1 rings (SSSR count). The van der Waals surface area contributed by atoms with Crippen molar-refractivity contribution in [3.8, 4) is 0 Å². The Morgan fingerprint density at radius 3 is 2.78 bits per heavy atom. The molecule has 0 heterocycles. The minimum absolute atomic E-state index is 0.0487. The van der Waals surface area contributed by atoms with E-state index in [1.165, 1.54) is 0 Å². The van der Waals surface area contributed by atoms with Crippen LogP contribution in [0.2, 0.25) is 0 Å². The summed E-state index contributed by atoms with van der Waals surface area (Å²) in [4.78, 5) is 12.1. The van der Waals surface area contributed by atoms with Crippen LogP contribution in [0.15, 0.2) is 24.3 Å². The van der Waals surface area contributed by atoms with Crippen LogP contribution in [0.25, 0.3) is 0 Å². The number of benzene rings is 1. The highest BCUT2D eigenvalue weighted by atomic mass is 16.5. The summed E-state index contributed by atoms with van der Waals surface area (Å²) >= 11 is 0. The third kappa shape index (κ3) is 4.47. The van der Waals surface area contributed by atoms with E-state index < -0.39 is 0 Å². The Balaban J connectivity index is 2.60.